The molecule has 7 heteroatoms. The van der Waals surface area contributed by atoms with Gasteiger partial charge in [0.05, 0.1) is 22.4 Å². The Hall–Kier alpha value is -3.45. The number of nitrogens with zero attached hydrogens (tertiary/aromatic N) is 1. The van der Waals surface area contributed by atoms with Crippen molar-refractivity contribution in [3.05, 3.63) is 86.6 Å². The third kappa shape index (κ3) is 3.64. The first-order valence-corrected chi connectivity index (χ1v) is 9.61. The van der Waals surface area contributed by atoms with E-state index in [9.17, 15) is 19.2 Å². The molecule has 4 rings (SSSR count). The average Bonchev–Trinajstić information content (AvgIpc) is 2.98. The lowest BCUT2D eigenvalue weighted by Gasteiger charge is -2.11. The van der Waals surface area contributed by atoms with Gasteiger partial charge in [-0.15, -0.1) is 0 Å². The van der Waals surface area contributed by atoms with Crippen molar-refractivity contribution in [3.63, 3.8) is 0 Å². The van der Waals surface area contributed by atoms with Crippen molar-refractivity contribution in [2.75, 3.05) is 6.54 Å². The molecule has 1 aliphatic heterocycles. The molecule has 6 nitrogen and oxygen atoms in total. The number of carbonyl (C=O) groups is 3. The Morgan fingerprint density at radius 1 is 1.07 bits per heavy atom. The van der Waals surface area contributed by atoms with Gasteiger partial charge in [-0.1, -0.05) is 42.0 Å². The molecule has 0 N–H and O–H groups in total. The number of benzene rings is 2. The highest BCUT2D eigenvalue weighted by Gasteiger charge is 2.36. The van der Waals surface area contributed by atoms with Crippen LogP contribution in [0.25, 0.3) is 17.0 Å². The Morgan fingerprint density at radius 2 is 1.79 bits per heavy atom. The molecule has 2 amide bonds. The van der Waals surface area contributed by atoms with Crippen molar-refractivity contribution in [2.45, 2.75) is 6.92 Å². The van der Waals surface area contributed by atoms with Crippen LogP contribution in [0.2, 0.25) is 0 Å². The molecule has 3 aromatic rings. The first-order chi connectivity index (χ1) is 13.9. The third-order valence-corrected chi connectivity index (χ3v) is 5.45. The molecule has 144 valence electrons. The van der Waals surface area contributed by atoms with E-state index >= 15 is 0 Å². The minimum atomic E-state index is -0.604. The molecule has 0 aliphatic carbocycles. The number of thioether (sulfide) groups is 1. The van der Waals surface area contributed by atoms with E-state index in [1.807, 2.05) is 6.92 Å². The summed E-state index contributed by atoms with van der Waals surface area (Å²) < 4.78 is 5.44. The van der Waals surface area contributed by atoms with Gasteiger partial charge in [0.15, 0.2) is 11.2 Å². The van der Waals surface area contributed by atoms with Gasteiger partial charge in [0.2, 0.25) is 0 Å². The van der Waals surface area contributed by atoms with Gasteiger partial charge in [-0.25, -0.2) is 0 Å². The van der Waals surface area contributed by atoms with E-state index in [0.717, 1.165) is 10.5 Å². The van der Waals surface area contributed by atoms with Crippen LogP contribution in [0.4, 0.5) is 4.79 Å². The second-order valence-electron chi connectivity index (χ2n) is 6.57. The minimum Gasteiger partial charge on any atom is -0.463 e. The van der Waals surface area contributed by atoms with Gasteiger partial charge >= 0.3 is 0 Å². The zero-order valence-electron chi connectivity index (χ0n) is 15.4. The lowest BCUT2D eigenvalue weighted by molar-refractivity contribution is -0.122. The molecule has 1 fully saturated rings. The van der Waals surface area contributed by atoms with Gasteiger partial charge in [0.25, 0.3) is 11.1 Å². The van der Waals surface area contributed by atoms with E-state index in [0.29, 0.717) is 28.3 Å². The summed E-state index contributed by atoms with van der Waals surface area (Å²) >= 11 is 0.696. The van der Waals surface area contributed by atoms with E-state index in [1.54, 1.807) is 48.5 Å². The normalized spacial score (nSPS) is 15.5. The van der Waals surface area contributed by atoms with E-state index < -0.39 is 11.1 Å². The molecule has 29 heavy (non-hydrogen) atoms. The van der Waals surface area contributed by atoms with Crippen LogP contribution in [0.15, 0.2) is 68.9 Å². The molecule has 1 aromatic heterocycles. The molecule has 2 heterocycles. The number of carbonyl (C=O) groups excluding carboxylic acids is 3. The number of amides is 2. The molecular formula is C22H15NO5S. The van der Waals surface area contributed by atoms with Gasteiger partial charge in [-0.3, -0.25) is 24.1 Å². The van der Waals surface area contributed by atoms with Gasteiger partial charge < -0.3 is 4.42 Å². The summed E-state index contributed by atoms with van der Waals surface area (Å²) in [6.45, 7) is 1.55. The number of hydrogen-bond acceptors (Lipinski definition) is 6. The highest BCUT2D eigenvalue weighted by molar-refractivity contribution is 8.18. The fourth-order valence-corrected chi connectivity index (χ4v) is 3.77. The Bertz CT molecular complexity index is 1240. The zero-order valence-corrected chi connectivity index (χ0v) is 16.2. The van der Waals surface area contributed by atoms with E-state index in [-0.39, 0.29) is 28.2 Å². The van der Waals surface area contributed by atoms with E-state index in [1.165, 1.54) is 12.3 Å². The van der Waals surface area contributed by atoms with Gasteiger partial charge in [0, 0.05) is 5.56 Å². The van der Waals surface area contributed by atoms with Crippen LogP contribution in [-0.4, -0.2) is 28.4 Å². The topological polar surface area (TPSA) is 84.7 Å². The summed E-state index contributed by atoms with van der Waals surface area (Å²) in [5.74, 6) is -0.938. The van der Waals surface area contributed by atoms with Crippen molar-refractivity contribution < 1.29 is 18.8 Å². The quantitative estimate of drug-likeness (QED) is 0.481. The number of ketones is 1. The standard InChI is InChI=1S/C22H15NO5S/c1-13-6-8-14(9-7-13)17(24)11-23-21(26)19(29-22(23)27)10-15-12-28-18-5-3-2-4-16(18)20(15)25/h2-10,12H,11H2,1H3/b19-10-. The van der Waals surface area contributed by atoms with Crippen LogP contribution < -0.4 is 5.43 Å². The Balaban J connectivity index is 1.59. The van der Waals surface area contributed by atoms with E-state index in [2.05, 4.69) is 0 Å². The van der Waals surface area contributed by atoms with Crippen LogP contribution in [0.3, 0.4) is 0 Å². The van der Waals surface area contributed by atoms with Gasteiger partial charge in [0.1, 0.15) is 11.8 Å². The lowest BCUT2D eigenvalue weighted by Crippen LogP contribution is -2.33. The third-order valence-electron chi connectivity index (χ3n) is 4.54. The summed E-state index contributed by atoms with van der Waals surface area (Å²) in [7, 11) is 0. The fraction of sp³-hybridized carbons (Fsp3) is 0.0909. The molecule has 1 aliphatic rings. The summed E-state index contributed by atoms with van der Waals surface area (Å²) in [5.41, 5.74) is 1.73. The molecule has 0 saturated carbocycles. The maximum absolute atomic E-state index is 12.6. The molecule has 0 radical (unpaired) electrons. The number of para-hydroxylation sites is 1. The number of rotatable bonds is 4. The number of fused-ring (bicyclic) bond motifs is 1. The molecular weight excluding hydrogens is 390 g/mol. The van der Waals surface area contributed by atoms with Crippen LogP contribution in [0, 0.1) is 6.92 Å². The highest BCUT2D eigenvalue weighted by Crippen LogP contribution is 2.32. The summed E-state index contributed by atoms with van der Waals surface area (Å²) in [5, 5.41) is -0.165. The SMILES string of the molecule is Cc1ccc(C(=O)CN2C(=O)S/C(=C\c3coc4ccccc4c3=O)C2=O)cc1. The minimum absolute atomic E-state index is 0.0780. The van der Waals surface area contributed by atoms with Crippen LogP contribution in [-0.2, 0) is 4.79 Å². The average molecular weight is 405 g/mol. The first kappa shape index (κ1) is 18.9. The Morgan fingerprint density at radius 3 is 2.55 bits per heavy atom. The molecule has 0 spiro atoms. The van der Waals surface area contributed by atoms with Crippen molar-refractivity contribution in [1.29, 1.82) is 0 Å². The number of Topliss-reactive ketones (excluding diaryl/α,β-unsaturated/α-hetero) is 1. The second-order valence-corrected chi connectivity index (χ2v) is 7.57. The van der Waals surface area contributed by atoms with Crippen molar-refractivity contribution in [2.24, 2.45) is 0 Å². The predicted octanol–water partition coefficient (Wildman–Crippen LogP) is 4.02. The number of aryl methyl sites for hydroxylation is 1. The van der Waals surface area contributed by atoms with Gasteiger partial charge in [-0.05, 0) is 36.9 Å². The lowest BCUT2D eigenvalue weighted by atomic mass is 10.1. The number of hydrogen-bond donors (Lipinski definition) is 0. The highest BCUT2D eigenvalue weighted by atomic mass is 32.2. The summed E-state index contributed by atoms with van der Waals surface area (Å²) in [6, 6.07) is 13.7. The summed E-state index contributed by atoms with van der Waals surface area (Å²) in [6.07, 6.45) is 2.59. The predicted molar refractivity (Wildman–Crippen MR) is 111 cm³/mol. The van der Waals surface area contributed by atoms with Crippen molar-refractivity contribution >= 4 is 45.7 Å². The van der Waals surface area contributed by atoms with Crippen LogP contribution in [0.5, 0.6) is 0 Å². The van der Waals surface area contributed by atoms with E-state index in [4.69, 9.17) is 4.42 Å². The smallest absolute Gasteiger partial charge is 0.293 e. The maximum atomic E-state index is 12.6. The molecule has 0 unspecified atom stereocenters. The fourth-order valence-electron chi connectivity index (χ4n) is 2.94. The van der Waals surface area contributed by atoms with Crippen LogP contribution in [0.1, 0.15) is 21.5 Å². The molecule has 1 saturated heterocycles. The first-order valence-electron chi connectivity index (χ1n) is 8.80. The molecule has 0 atom stereocenters. The monoisotopic (exact) mass is 405 g/mol. The second kappa shape index (κ2) is 7.52. The zero-order chi connectivity index (χ0) is 20.5. The van der Waals surface area contributed by atoms with Crippen LogP contribution >= 0.6 is 11.8 Å². The number of imide groups is 1. The Labute approximate surface area is 169 Å². The largest absolute Gasteiger partial charge is 0.463 e. The summed E-state index contributed by atoms with van der Waals surface area (Å²) in [4.78, 5) is 50.9. The van der Waals surface area contributed by atoms with Crippen molar-refractivity contribution in [1.82, 2.24) is 4.90 Å². The van der Waals surface area contributed by atoms with Gasteiger partial charge in [-0.2, -0.15) is 0 Å². The molecule has 2 aromatic carbocycles. The molecule has 0 bridgehead atoms. The maximum Gasteiger partial charge on any atom is 0.293 e. The van der Waals surface area contributed by atoms with Crippen molar-refractivity contribution in [3.8, 4) is 0 Å². The Kier molecular flexibility index (Phi) is 4.90.